The van der Waals surface area contributed by atoms with Gasteiger partial charge in [0.1, 0.15) is 19.2 Å². The normalized spacial score (nSPS) is 47.3. The average molecular weight is 881 g/mol. The number of nitrogens with one attached hydrogen (secondary N) is 2. The van der Waals surface area contributed by atoms with Crippen LogP contribution in [0.1, 0.15) is 170 Å². The van der Waals surface area contributed by atoms with Gasteiger partial charge >= 0.3 is 11.9 Å². The predicted octanol–water partition coefficient (Wildman–Crippen LogP) is 7.67. The zero-order valence-electron chi connectivity index (χ0n) is 39.6. The second-order valence-electron chi connectivity index (χ2n) is 24.2. The van der Waals surface area contributed by atoms with Gasteiger partial charge in [-0.3, -0.25) is 19.2 Å². The Labute approximate surface area is 377 Å². The Morgan fingerprint density at radius 2 is 1.06 bits per heavy atom. The Morgan fingerprint density at radius 1 is 0.587 bits per heavy atom. The molecule has 0 aromatic rings. The summed E-state index contributed by atoms with van der Waals surface area (Å²) in [5.41, 5.74) is -0.0466. The third-order valence-corrected chi connectivity index (χ3v) is 21.8. The summed E-state index contributed by atoms with van der Waals surface area (Å²) in [6, 6.07) is 0. The first-order valence-electron chi connectivity index (χ1n) is 25.8. The first-order chi connectivity index (χ1) is 29.8. The van der Waals surface area contributed by atoms with Gasteiger partial charge in [0.25, 0.3) is 0 Å². The number of esters is 1. The van der Waals surface area contributed by atoms with Crippen molar-refractivity contribution < 1.29 is 44.3 Å². The maximum Gasteiger partial charge on any atom is 0.325 e. The molecule has 2 amide bonds. The number of fused-ring (bicyclic) bond motifs is 10. The van der Waals surface area contributed by atoms with E-state index in [1.54, 1.807) is 0 Å². The molecule has 0 aromatic heterocycles. The van der Waals surface area contributed by atoms with Crippen molar-refractivity contribution >= 4 is 23.8 Å². The van der Waals surface area contributed by atoms with Crippen LogP contribution in [-0.2, 0) is 23.9 Å². The van der Waals surface area contributed by atoms with Crippen LogP contribution in [0.3, 0.4) is 0 Å². The third kappa shape index (κ3) is 8.43. The standard InChI is InChI=1S/C52H84N2O9/c1-29(7-17-45(58)53-27-47(60)61)37-14-16-40-36-12-10-32-24-34(20-22-50(32,4)42(36)26-44(57)52(37,40)6)63-48(62)28-54-46(59)18-8-30(2)38-13-15-39-35-11-9-31-23-33(55)19-21-49(31,3)41(35)25-43(56)51(38,39)5/h29-44,55-57H,7-28H2,1-6H3,(H,53,58)(H,54,59)(H,60,61)/t29-,30-,31?,32-,33-,34-,35?,36?,37-,38-,39?,40?,41?,42?,43+,44+,49+,50+,51-,52-/m1/s1. The first kappa shape index (κ1) is 47.3. The van der Waals surface area contributed by atoms with Crippen molar-refractivity contribution in [2.24, 2.45) is 92.7 Å². The number of carboxylic acids is 1. The minimum absolute atomic E-state index is 0.0776. The van der Waals surface area contributed by atoms with E-state index in [0.717, 1.165) is 96.3 Å². The van der Waals surface area contributed by atoms with Crippen molar-refractivity contribution in [1.82, 2.24) is 10.6 Å². The molecule has 0 spiro atoms. The summed E-state index contributed by atoms with van der Waals surface area (Å²) in [5.74, 6) is 3.54. The van der Waals surface area contributed by atoms with Crippen LogP contribution in [0.2, 0.25) is 0 Å². The van der Waals surface area contributed by atoms with Crippen molar-refractivity contribution in [3.8, 4) is 0 Å². The van der Waals surface area contributed by atoms with Gasteiger partial charge in [0.15, 0.2) is 0 Å². The zero-order chi connectivity index (χ0) is 45.2. The molecule has 0 bridgehead atoms. The van der Waals surface area contributed by atoms with Gasteiger partial charge < -0.3 is 35.8 Å². The zero-order valence-corrected chi connectivity index (χ0v) is 39.6. The van der Waals surface area contributed by atoms with Gasteiger partial charge in [0.05, 0.1) is 18.3 Å². The number of rotatable bonds is 13. The number of aliphatic carboxylic acids is 1. The van der Waals surface area contributed by atoms with E-state index in [0.29, 0.717) is 84.4 Å². The number of carboxylic acid groups (broad SMARTS) is 1. The van der Waals surface area contributed by atoms with E-state index in [1.807, 2.05) is 0 Å². The fourth-order valence-electron chi connectivity index (χ4n) is 18.3. The topological polar surface area (TPSA) is 182 Å². The Balaban J connectivity index is 0.781. The number of aliphatic hydroxyl groups is 3. The summed E-state index contributed by atoms with van der Waals surface area (Å²) in [6.07, 6.45) is 17.1. The van der Waals surface area contributed by atoms with Gasteiger partial charge in [-0.05, 0) is 208 Å². The van der Waals surface area contributed by atoms with E-state index in [2.05, 4.69) is 52.2 Å². The molecule has 20 atom stereocenters. The number of hydrogen-bond donors (Lipinski definition) is 6. The highest BCUT2D eigenvalue weighted by Gasteiger charge is 2.65. The molecule has 8 aliphatic rings. The maximum atomic E-state index is 13.2. The van der Waals surface area contributed by atoms with Crippen LogP contribution in [0.5, 0.6) is 0 Å². The van der Waals surface area contributed by atoms with Crippen molar-refractivity contribution in [1.29, 1.82) is 0 Å². The summed E-state index contributed by atoms with van der Waals surface area (Å²) >= 11 is 0. The van der Waals surface area contributed by atoms with E-state index in [9.17, 15) is 34.5 Å². The summed E-state index contributed by atoms with van der Waals surface area (Å²) in [6.45, 7) is 13.5. The van der Waals surface area contributed by atoms with Crippen LogP contribution in [0, 0.1) is 92.7 Å². The van der Waals surface area contributed by atoms with Crippen molar-refractivity contribution in [3.63, 3.8) is 0 Å². The van der Waals surface area contributed by atoms with Gasteiger partial charge in [0.2, 0.25) is 11.8 Å². The number of carbonyl (C=O) groups is 4. The molecule has 6 N–H and O–H groups in total. The van der Waals surface area contributed by atoms with Crippen molar-refractivity contribution in [3.05, 3.63) is 0 Å². The number of hydrogen-bond acceptors (Lipinski definition) is 8. The third-order valence-electron chi connectivity index (χ3n) is 21.8. The lowest BCUT2D eigenvalue weighted by molar-refractivity contribution is -0.181. The largest absolute Gasteiger partial charge is 0.480 e. The lowest BCUT2D eigenvalue weighted by atomic mass is 9.43. The SMILES string of the molecule is C[C@H](CCC(=O)NCC(=O)O[C@@H]1CC[C@]2(C)C3C[C@H](O)[C@@]4(C)C(CC[C@@H]4[C@H](C)CCC(=O)NCC(=O)O)C3CC[C@@H]2C1)[C@H]1CCC2C3CCC4C[C@H](O)CC[C@]4(C)C3C[C@H](O)[C@@]21C. The molecule has 11 heteroatoms. The number of carbonyl (C=O) groups excluding carboxylic acids is 3. The maximum absolute atomic E-state index is 13.2. The highest BCUT2D eigenvalue weighted by molar-refractivity contribution is 5.82. The van der Waals surface area contributed by atoms with Gasteiger partial charge in [-0.15, -0.1) is 0 Å². The highest BCUT2D eigenvalue weighted by Crippen LogP contribution is 2.70. The second-order valence-corrected chi connectivity index (χ2v) is 24.2. The molecule has 63 heavy (non-hydrogen) atoms. The van der Waals surface area contributed by atoms with Crippen molar-refractivity contribution in [2.75, 3.05) is 13.1 Å². The van der Waals surface area contributed by atoms with E-state index in [-0.39, 0.29) is 76.8 Å². The monoisotopic (exact) mass is 881 g/mol. The average Bonchev–Trinajstić information content (AvgIpc) is 3.80. The molecule has 0 radical (unpaired) electrons. The first-order valence-corrected chi connectivity index (χ1v) is 25.8. The molecular formula is C52H84N2O9. The quantitative estimate of drug-likeness (QED) is 0.101. The van der Waals surface area contributed by atoms with Gasteiger partial charge in [-0.1, -0.05) is 41.5 Å². The van der Waals surface area contributed by atoms with Crippen molar-refractivity contribution in [2.45, 2.75) is 194 Å². The summed E-state index contributed by atoms with van der Waals surface area (Å²) < 4.78 is 6.06. The molecule has 11 nitrogen and oxygen atoms in total. The summed E-state index contributed by atoms with van der Waals surface area (Å²) in [4.78, 5) is 49.6. The van der Waals surface area contributed by atoms with Crippen LogP contribution >= 0.6 is 0 Å². The molecule has 356 valence electrons. The van der Waals surface area contributed by atoms with Crippen LogP contribution < -0.4 is 10.6 Å². The van der Waals surface area contributed by atoms with Crippen LogP contribution in [0.25, 0.3) is 0 Å². The molecule has 0 saturated heterocycles. The lowest BCUT2D eigenvalue weighted by Crippen LogP contribution is -2.59. The molecule has 0 heterocycles. The molecule has 8 fully saturated rings. The molecule has 8 rings (SSSR count). The smallest absolute Gasteiger partial charge is 0.325 e. The van der Waals surface area contributed by atoms with Gasteiger partial charge in [-0.2, -0.15) is 0 Å². The predicted molar refractivity (Wildman–Crippen MR) is 240 cm³/mol. The van der Waals surface area contributed by atoms with E-state index in [4.69, 9.17) is 9.84 Å². The molecule has 7 unspecified atom stereocenters. The summed E-state index contributed by atoms with van der Waals surface area (Å²) in [5, 5.41) is 48.7. The Morgan fingerprint density at radius 3 is 1.57 bits per heavy atom. The van der Waals surface area contributed by atoms with Crippen LogP contribution in [-0.4, -0.2) is 81.7 Å². The lowest BCUT2D eigenvalue weighted by Gasteiger charge is -2.62. The highest BCUT2D eigenvalue weighted by atomic mass is 16.5. The minimum Gasteiger partial charge on any atom is -0.480 e. The Kier molecular flexibility index (Phi) is 13.6. The molecular weight excluding hydrogens is 797 g/mol. The minimum atomic E-state index is -1.04. The van der Waals surface area contributed by atoms with E-state index < -0.39 is 12.1 Å². The molecule has 0 aliphatic heterocycles. The van der Waals surface area contributed by atoms with Crippen LogP contribution in [0.15, 0.2) is 0 Å². The number of aliphatic hydroxyl groups excluding tert-OH is 3. The second kappa shape index (κ2) is 18.1. The fourth-order valence-corrected chi connectivity index (χ4v) is 18.3. The van der Waals surface area contributed by atoms with Crippen LogP contribution in [0.4, 0.5) is 0 Å². The van der Waals surface area contributed by atoms with Gasteiger partial charge in [0, 0.05) is 12.8 Å². The molecule has 8 aliphatic carbocycles. The van der Waals surface area contributed by atoms with E-state index >= 15 is 0 Å². The fraction of sp³-hybridized carbons (Fsp3) is 0.923. The van der Waals surface area contributed by atoms with E-state index in [1.165, 1.54) is 12.8 Å². The van der Waals surface area contributed by atoms with Gasteiger partial charge in [-0.25, -0.2) is 0 Å². The molecule has 8 saturated carbocycles. The number of ether oxygens (including phenoxy) is 1. The molecule has 0 aromatic carbocycles. The Bertz CT molecular complexity index is 1710. The summed E-state index contributed by atoms with van der Waals surface area (Å²) in [7, 11) is 0. The number of amides is 2. The Hall–Kier alpha value is -2.24.